The van der Waals surface area contributed by atoms with Crippen molar-refractivity contribution >= 4 is 0 Å². The highest BCUT2D eigenvalue weighted by Crippen LogP contribution is 2.36. The Balaban J connectivity index is 1.86. The lowest BCUT2D eigenvalue weighted by Gasteiger charge is -2.30. The predicted molar refractivity (Wildman–Crippen MR) is 60.2 cm³/mol. The number of ether oxygens (including phenoxy) is 1. The lowest BCUT2D eigenvalue weighted by molar-refractivity contribution is -0.00654. The van der Waals surface area contributed by atoms with Crippen LogP contribution in [0.3, 0.4) is 0 Å². The maximum absolute atomic E-state index is 13.2. The fourth-order valence-corrected chi connectivity index (χ4v) is 2.72. The van der Waals surface area contributed by atoms with Crippen molar-refractivity contribution in [3.63, 3.8) is 0 Å². The van der Waals surface area contributed by atoms with Crippen molar-refractivity contribution in [2.45, 2.75) is 30.9 Å². The zero-order chi connectivity index (χ0) is 11.9. The van der Waals surface area contributed by atoms with Crippen molar-refractivity contribution in [2.24, 2.45) is 0 Å². The Morgan fingerprint density at radius 3 is 2.88 bits per heavy atom. The summed E-state index contributed by atoms with van der Waals surface area (Å²) in [6.45, 7) is 0.380. The first-order valence-electron chi connectivity index (χ1n) is 5.96. The molecule has 2 heterocycles. The van der Waals surface area contributed by atoms with Crippen molar-refractivity contribution in [1.29, 1.82) is 0 Å². The van der Waals surface area contributed by atoms with Crippen LogP contribution in [-0.2, 0) is 11.2 Å². The quantitative estimate of drug-likeness (QED) is 0.812. The normalized spacial score (nSPS) is 31.2. The molecule has 2 nitrogen and oxygen atoms in total. The summed E-state index contributed by atoms with van der Waals surface area (Å²) in [5.41, 5.74) is 2.29. The van der Waals surface area contributed by atoms with E-state index in [1.54, 1.807) is 0 Å². The van der Waals surface area contributed by atoms with E-state index in [1.165, 1.54) is 5.56 Å². The summed E-state index contributed by atoms with van der Waals surface area (Å²) in [5.74, 6) is -2.60. The Hall–Kier alpha value is -1.00. The molecule has 0 spiro atoms. The van der Waals surface area contributed by atoms with Gasteiger partial charge in [-0.15, -0.1) is 0 Å². The highest BCUT2D eigenvalue weighted by molar-refractivity contribution is 5.32. The summed E-state index contributed by atoms with van der Waals surface area (Å²) in [6, 6.07) is 7.69. The monoisotopic (exact) mass is 239 g/mol. The first-order chi connectivity index (χ1) is 8.16. The van der Waals surface area contributed by atoms with Crippen LogP contribution in [-0.4, -0.2) is 25.1 Å². The molecule has 92 valence electrons. The van der Waals surface area contributed by atoms with E-state index in [2.05, 4.69) is 11.4 Å². The van der Waals surface area contributed by atoms with E-state index in [0.29, 0.717) is 6.61 Å². The van der Waals surface area contributed by atoms with Gasteiger partial charge in [-0.1, -0.05) is 24.3 Å². The molecular weight excluding hydrogens is 224 g/mol. The van der Waals surface area contributed by atoms with Gasteiger partial charge in [-0.05, 0) is 17.5 Å². The zero-order valence-corrected chi connectivity index (χ0v) is 9.46. The first-order valence-corrected chi connectivity index (χ1v) is 5.96. The van der Waals surface area contributed by atoms with E-state index >= 15 is 0 Å². The second-order valence-corrected chi connectivity index (χ2v) is 4.79. The summed E-state index contributed by atoms with van der Waals surface area (Å²) in [5, 5.41) is 2.88. The molecule has 1 N–H and O–H groups in total. The van der Waals surface area contributed by atoms with Gasteiger partial charge in [0.05, 0.1) is 19.3 Å². The van der Waals surface area contributed by atoms with Crippen molar-refractivity contribution < 1.29 is 13.5 Å². The number of hydrogen-bond acceptors (Lipinski definition) is 2. The van der Waals surface area contributed by atoms with E-state index in [9.17, 15) is 8.78 Å². The maximum Gasteiger partial charge on any atom is 0.261 e. The van der Waals surface area contributed by atoms with Crippen molar-refractivity contribution in [3.05, 3.63) is 35.4 Å². The van der Waals surface area contributed by atoms with Crippen LogP contribution in [0.5, 0.6) is 0 Å². The molecule has 0 aliphatic carbocycles. The Kier molecular flexibility index (Phi) is 2.64. The van der Waals surface area contributed by atoms with Crippen LogP contribution in [0.2, 0.25) is 0 Å². The number of rotatable bonds is 1. The van der Waals surface area contributed by atoms with Gasteiger partial charge in [0, 0.05) is 12.5 Å². The van der Waals surface area contributed by atoms with E-state index in [1.807, 2.05) is 18.2 Å². The molecule has 4 heteroatoms. The SMILES string of the molecule is FC1(F)CN[C@H]([C@H]2OCCc3ccccc32)C1. The van der Waals surface area contributed by atoms with Gasteiger partial charge < -0.3 is 10.1 Å². The van der Waals surface area contributed by atoms with Crippen LogP contribution in [0.4, 0.5) is 8.78 Å². The standard InChI is InChI=1S/C13H15F2NO/c14-13(15)7-11(16-8-13)12-10-4-2-1-3-9(10)5-6-17-12/h1-4,11-12,16H,5-8H2/t11-,12-/m0/s1. The molecule has 0 amide bonds. The minimum absolute atomic E-state index is 0.133. The second-order valence-electron chi connectivity index (χ2n) is 4.79. The van der Waals surface area contributed by atoms with Crippen LogP contribution in [0, 0.1) is 0 Å². The van der Waals surface area contributed by atoms with Gasteiger partial charge in [0.1, 0.15) is 0 Å². The molecule has 1 aromatic rings. The third-order valence-corrected chi connectivity index (χ3v) is 3.54. The minimum atomic E-state index is -2.60. The zero-order valence-electron chi connectivity index (χ0n) is 9.46. The van der Waals surface area contributed by atoms with E-state index in [0.717, 1.165) is 12.0 Å². The second kappa shape index (κ2) is 4.03. The summed E-state index contributed by atoms with van der Waals surface area (Å²) in [4.78, 5) is 0. The first kappa shape index (κ1) is 11.1. The van der Waals surface area contributed by atoms with Crippen LogP contribution in [0.15, 0.2) is 24.3 Å². The number of alkyl halides is 2. The third kappa shape index (κ3) is 2.07. The molecule has 0 saturated carbocycles. The van der Waals surface area contributed by atoms with Crippen LogP contribution in [0.1, 0.15) is 23.7 Å². The van der Waals surface area contributed by atoms with Crippen molar-refractivity contribution in [2.75, 3.05) is 13.2 Å². The molecule has 0 bridgehead atoms. The number of halogens is 2. The van der Waals surface area contributed by atoms with Gasteiger partial charge in [-0.25, -0.2) is 8.78 Å². The largest absolute Gasteiger partial charge is 0.372 e. The number of fused-ring (bicyclic) bond motifs is 1. The molecule has 1 saturated heterocycles. The highest BCUT2D eigenvalue weighted by Gasteiger charge is 2.44. The fourth-order valence-electron chi connectivity index (χ4n) is 2.72. The maximum atomic E-state index is 13.2. The van der Waals surface area contributed by atoms with E-state index < -0.39 is 5.92 Å². The Morgan fingerprint density at radius 1 is 1.29 bits per heavy atom. The lowest BCUT2D eigenvalue weighted by atomic mass is 9.92. The molecule has 0 aromatic heterocycles. The van der Waals surface area contributed by atoms with Gasteiger partial charge in [0.15, 0.2) is 0 Å². The van der Waals surface area contributed by atoms with Crippen molar-refractivity contribution in [3.8, 4) is 0 Å². The average Bonchev–Trinajstić information content (AvgIpc) is 2.69. The van der Waals surface area contributed by atoms with E-state index in [4.69, 9.17) is 4.74 Å². The highest BCUT2D eigenvalue weighted by atomic mass is 19.3. The van der Waals surface area contributed by atoms with Gasteiger partial charge in [0.2, 0.25) is 0 Å². The number of nitrogens with one attached hydrogen (secondary N) is 1. The van der Waals surface area contributed by atoms with Crippen LogP contribution in [0.25, 0.3) is 0 Å². The summed E-state index contributed by atoms with van der Waals surface area (Å²) in [6.07, 6.45) is 0.509. The summed E-state index contributed by atoms with van der Waals surface area (Å²) >= 11 is 0. The molecular formula is C13H15F2NO. The Morgan fingerprint density at radius 2 is 2.12 bits per heavy atom. The Bertz CT molecular complexity index is 422. The molecule has 1 fully saturated rings. The van der Waals surface area contributed by atoms with Gasteiger partial charge in [0.25, 0.3) is 5.92 Å². The van der Waals surface area contributed by atoms with Crippen molar-refractivity contribution in [1.82, 2.24) is 5.32 Å². The minimum Gasteiger partial charge on any atom is -0.372 e. The topological polar surface area (TPSA) is 21.3 Å². The van der Waals surface area contributed by atoms with Gasteiger partial charge >= 0.3 is 0 Å². The van der Waals surface area contributed by atoms with Gasteiger partial charge in [-0.3, -0.25) is 0 Å². The van der Waals surface area contributed by atoms with E-state index in [-0.39, 0.29) is 25.1 Å². The molecule has 2 aliphatic heterocycles. The average molecular weight is 239 g/mol. The molecule has 1 aromatic carbocycles. The smallest absolute Gasteiger partial charge is 0.261 e. The predicted octanol–water partition coefficient (Wildman–Crippen LogP) is 2.30. The fraction of sp³-hybridized carbons (Fsp3) is 0.538. The van der Waals surface area contributed by atoms with Gasteiger partial charge in [-0.2, -0.15) is 0 Å². The van der Waals surface area contributed by atoms with Crippen LogP contribution < -0.4 is 5.32 Å². The van der Waals surface area contributed by atoms with Crippen LogP contribution >= 0.6 is 0 Å². The Labute approximate surface area is 99.0 Å². The molecule has 2 aliphatic rings. The number of benzene rings is 1. The molecule has 3 rings (SSSR count). The molecule has 0 unspecified atom stereocenters. The summed E-state index contributed by atoms with van der Waals surface area (Å²) < 4.78 is 32.1. The molecule has 17 heavy (non-hydrogen) atoms. The molecule has 2 atom stereocenters. The third-order valence-electron chi connectivity index (χ3n) is 3.54. The summed E-state index contributed by atoms with van der Waals surface area (Å²) in [7, 11) is 0. The molecule has 0 radical (unpaired) electrons. The number of hydrogen-bond donors (Lipinski definition) is 1. The lowest BCUT2D eigenvalue weighted by Crippen LogP contribution is -2.33.